The van der Waals surface area contributed by atoms with Crippen LogP contribution in [0.4, 0.5) is 17.1 Å². The predicted octanol–water partition coefficient (Wildman–Crippen LogP) is 13.2. The molecule has 0 radical (unpaired) electrons. The zero-order chi connectivity index (χ0) is 31.9. The number of furan rings is 1. The maximum absolute atomic E-state index is 6.28. The molecular formula is C46H31NO. The minimum absolute atomic E-state index is 0.859. The lowest BCUT2D eigenvalue weighted by atomic mass is 9.97. The lowest BCUT2D eigenvalue weighted by Gasteiger charge is -2.27. The highest BCUT2D eigenvalue weighted by atomic mass is 16.3. The fraction of sp³-hybridized carbons (Fsp3) is 0. The van der Waals surface area contributed by atoms with E-state index in [4.69, 9.17) is 4.42 Å². The van der Waals surface area contributed by atoms with Crippen LogP contribution in [0.2, 0.25) is 0 Å². The summed E-state index contributed by atoms with van der Waals surface area (Å²) in [6.07, 6.45) is 0. The van der Waals surface area contributed by atoms with Gasteiger partial charge in [-0.1, -0.05) is 133 Å². The highest BCUT2D eigenvalue weighted by Gasteiger charge is 2.17. The third-order valence-corrected chi connectivity index (χ3v) is 9.23. The molecule has 0 aliphatic heterocycles. The van der Waals surface area contributed by atoms with Crippen molar-refractivity contribution in [3.05, 3.63) is 188 Å². The number of fused-ring (bicyclic) bond motifs is 3. The van der Waals surface area contributed by atoms with Gasteiger partial charge < -0.3 is 9.32 Å². The van der Waals surface area contributed by atoms with Crippen molar-refractivity contribution in [3.8, 4) is 33.6 Å². The van der Waals surface area contributed by atoms with E-state index < -0.39 is 0 Å². The standard InChI is InChI=1S/C46H31NO/c1-2-12-35-29-38(23-22-32(35)10-1)37-16-7-15-36(28-37)33-24-26-41(27-25-33)47(44-20-9-14-34-11-3-5-19-43(34)44)42-18-8-17-39(30-42)46-31-40-13-4-6-21-45(40)48-46/h1-31H. The summed E-state index contributed by atoms with van der Waals surface area (Å²) in [5.41, 5.74) is 10.0. The van der Waals surface area contributed by atoms with Gasteiger partial charge in [0.25, 0.3) is 0 Å². The maximum atomic E-state index is 6.28. The van der Waals surface area contributed by atoms with Crippen LogP contribution in [0.3, 0.4) is 0 Å². The first-order valence-electron chi connectivity index (χ1n) is 16.3. The predicted molar refractivity (Wildman–Crippen MR) is 202 cm³/mol. The Hall–Kier alpha value is -6.38. The van der Waals surface area contributed by atoms with E-state index >= 15 is 0 Å². The molecule has 2 heteroatoms. The van der Waals surface area contributed by atoms with Crippen LogP contribution in [-0.4, -0.2) is 0 Å². The molecule has 0 amide bonds. The van der Waals surface area contributed by atoms with Crippen LogP contribution >= 0.6 is 0 Å². The Morgan fingerprint density at radius 3 is 1.81 bits per heavy atom. The van der Waals surface area contributed by atoms with Gasteiger partial charge in [-0.05, 0) is 93.0 Å². The summed E-state index contributed by atoms with van der Waals surface area (Å²) < 4.78 is 6.28. The van der Waals surface area contributed by atoms with Gasteiger partial charge in [-0.3, -0.25) is 0 Å². The van der Waals surface area contributed by atoms with Crippen molar-refractivity contribution in [2.45, 2.75) is 0 Å². The molecule has 0 aliphatic rings. The minimum Gasteiger partial charge on any atom is -0.456 e. The van der Waals surface area contributed by atoms with Gasteiger partial charge in [0.05, 0.1) is 5.69 Å². The summed E-state index contributed by atoms with van der Waals surface area (Å²) in [4.78, 5) is 2.35. The molecule has 8 aromatic carbocycles. The van der Waals surface area contributed by atoms with Crippen molar-refractivity contribution in [1.82, 2.24) is 0 Å². The second kappa shape index (κ2) is 11.8. The van der Waals surface area contributed by atoms with E-state index in [0.29, 0.717) is 0 Å². The van der Waals surface area contributed by atoms with Crippen molar-refractivity contribution in [1.29, 1.82) is 0 Å². The summed E-state index contributed by atoms with van der Waals surface area (Å²) in [5.74, 6) is 0.859. The first kappa shape index (κ1) is 27.9. The van der Waals surface area contributed by atoms with Crippen LogP contribution in [0.5, 0.6) is 0 Å². The number of rotatable bonds is 6. The van der Waals surface area contributed by atoms with Crippen molar-refractivity contribution < 1.29 is 4.42 Å². The third-order valence-electron chi connectivity index (χ3n) is 9.23. The fourth-order valence-electron chi connectivity index (χ4n) is 6.80. The van der Waals surface area contributed by atoms with E-state index in [1.165, 1.54) is 43.8 Å². The van der Waals surface area contributed by atoms with Crippen LogP contribution < -0.4 is 4.90 Å². The second-order valence-electron chi connectivity index (χ2n) is 12.2. The number of benzene rings is 8. The Kier molecular flexibility index (Phi) is 6.84. The van der Waals surface area contributed by atoms with Crippen molar-refractivity contribution in [2.24, 2.45) is 0 Å². The third kappa shape index (κ3) is 5.10. The van der Waals surface area contributed by atoms with E-state index in [0.717, 1.165) is 39.4 Å². The van der Waals surface area contributed by atoms with Gasteiger partial charge in [-0.25, -0.2) is 0 Å². The minimum atomic E-state index is 0.859. The smallest absolute Gasteiger partial charge is 0.135 e. The SMILES string of the molecule is c1cc(-c2ccc(N(c3cccc(-c4cc5ccccc5o4)c3)c3cccc4ccccc34)cc2)cc(-c2ccc3ccccc3c2)c1. The van der Waals surface area contributed by atoms with Gasteiger partial charge in [-0.15, -0.1) is 0 Å². The summed E-state index contributed by atoms with van der Waals surface area (Å²) in [6.45, 7) is 0. The van der Waals surface area contributed by atoms with Gasteiger partial charge in [0.1, 0.15) is 11.3 Å². The van der Waals surface area contributed by atoms with Crippen LogP contribution in [-0.2, 0) is 0 Å². The normalized spacial score (nSPS) is 11.3. The van der Waals surface area contributed by atoms with Crippen LogP contribution in [0.15, 0.2) is 192 Å². The zero-order valence-electron chi connectivity index (χ0n) is 26.3. The van der Waals surface area contributed by atoms with Crippen LogP contribution in [0.1, 0.15) is 0 Å². The molecule has 9 aromatic rings. The highest BCUT2D eigenvalue weighted by Crippen LogP contribution is 2.41. The molecule has 48 heavy (non-hydrogen) atoms. The molecule has 226 valence electrons. The van der Waals surface area contributed by atoms with Crippen molar-refractivity contribution in [3.63, 3.8) is 0 Å². The Morgan fingerprint density at radius 2 is 0.958 bits per heavy atom. The van der Waals surface area contributed by atoms with Gasteiger partial charge in [0.2, 0.25) is 0 Å². The lowest BCUT2D eigenvalue weighted by Crippen LogP contribution is -2.10. The van der Waals surface area contributed by atoms with Crippen molar-refractivity contribution >= 4 is 49.6 Å². The largest absolute Gasteiger partial charge is 0.456 e. The first-order valence-corrected chi connectivity index (χ1v) is 16.3. The fourth-order valence-corrected chi connectivity index (χ4v) is 6.80. The second-order valence-corrected chi connectivity index (χ2v) is 12.2. The van der Waals surface area contributed by atoms with Gasteiger partial charge in [0.15, 0.2) is 0 Å². The average molecular weight is 614 g/mol. The number of nitrogens with zero attached hydrogens (tertiary/aromatic N) is 1. The summed E-state index contributed by atoms with van der Waals surface area (Å²) >= 11 is 0. The zero-order valence-corrected chi connectivity index (χ0v) is 26.3. The molecule has 0 unspecified atom stereocenters. The topological polar surface area (TPSA) is 16.4 Å². The Labute approximate surface area is 279 Å². The quantitative estimate of drug-likeness (QED) is 0.185. The van der Waals surface area contributed by atoms with E-state index in [1.54, 1.807) is 0 Å². The summed E-state index contributed by atoms with van der Waals surface area (Å²) in [5, 5.41) is 6.01. The Morgan fingerprint density at radius 1 is 0.333 bits per heavy atom. The molecule has 0 saturated carbocycles. The molecule has 0 fully saturated rings. The molecule has 0 aliphatic carbocycles. The lowest BCUT2D eigenvalue weighted by molar-refractivity contribution is 0.631. The van der Waals surface area contributed by atoms with E-state index in [1.807, 2.05) is 18.2 Å². The monoisotopic (exact) mass is 613 g/mol. The van der Waals surface area contributed by atoms with Gasteiger partial charge in [-0.2, -0.15) is 0 Å². The molecule has 1 heterocycles. The Bertz CT molecular complexity index is 2540. The Balaban J connectivity index is 1.12. The van der Waals surface area contributed by atoms with E-state index in [9.17, 15) is 0 Å². The molecule has 9 rings (SSSR count). The molecule has 1 aromatic heterocycles. The maximum Gasteiger partial charge on any atom is 0.135 e. The number of hydrogen-bond acceptors (Lipinski definition) is 2. The van der Waals surface area contributed by atoms with E-state index in [-0.39, 0.29) is 0 Å². The summed E-state index contributed by atoms with van der Waals surface area (Å²) in [6, 6.07) is 67.0. The number of hydrogen-bond donors (Lipinski definition) is 0. The van der Waals surface area contributed by atoms with Gasteiger partial charge >= 0.3 is 0 Å². The molecule has 0 saturated heterocycles. The highest BCUT2D eigenvalue weighted by molar-refractivity contribution is 5.99. The van der Waals surface area contributed by atoms with Gasteiger partial charge in [0, 0.05) is 27.7 Å². The molecule has 2 nitrogen and oxygen atoms in total. The molecule has 0 atom stereocenters. The number of para-hydroxylation sites is 1. The van der Waals surface area contributed by atoms with E-state index in [2.05, 4.69) is 175 Å². The van der Waals surface area contributed by atoms with Crippen LogP contribution in [0.25, 0.3) is 66.1 Å². The molecular weight excluding hydrogens is 583 g/mol. The van der Waals surface area contributed by atoms with Crippen molar-refractivity contribution in [2.75, 3.05) is 4.90 Å². The summed E-state index contributed by atoms with van der Waals surface area (Å²) in [7, 11) is 0. The average Bonchev–Trinajstić information content (AvgIpc) is 3.60. The molecule has 0 bridgehead atoms. The molecule has 0 N–H and O–H groups in total. The number of anilines is 3. The van der Waals surface area contributed by atoms with Crippen LogP contribution in [0, 0.1) is 0 Å². The first-order chi connectivity index (χ1) is 23.8. The molecule has 0 spiro atoms.